The van der Waals surface area contributed by atoms with E-state index < -0.39 is 24.1 Å². The highest BCUT2D eigenvalue weighted by Crippen LogP contribution is 2.32. The molecular formula is C22H28N4O6. The van der Waals surface area contributed by atoms with Gasteiger partial charge >= 0.3 is 11.9 Å². The molecule has 0 spiro atoms. The highest BCUT2D eigenvalue weighted by Gasteiger charge is 2.39. The molecule has 1 aromatic carbocycles. The monoisotopic (exact) mass is 444 g/mol. The minimum atomic E-state index is -2.27. The van der Waals surface area contributed by atoms with Crippen LogP contribution in [0.1, 0.15) is 5.56 Å². The summed E-state index contributed by atoms with van der Waals surface area (Å²) in [6.45, 7) is 6.79. The van der Waals surface area contributed by atoms with Crippen molar-refractivity contribution in [3.05, 3.63) is 42.0 Å². The minimum absolute atomic E-state index is 0.794. The zero-order valence-corrected chi connectivity index (χ0v) is 18.0. The van der Waals surface area contributed by atoms with E-state index in [1.807, 2.05) is 0 Å². The lowest BCUT2D eigenvalue weighted by molar-refractivity contribution is -0.165. The van der Waals surface area contributed by atoms with E-state index in [2.05, 4.69) is 70.4 Å². The molecule has 0 saturated carbocycles. The Kier molecular flexibility index (Phi) is 7.39. The molecule has 10 nitrogen and oxygen atoms in total. The fourth-order valence-electron chi connectivity index (χ4n) is 4.18. The number of rotatable bonds is 5. The first kappa shape index (κ1) is 23.6. The molecule has 0 aliphatic carbocycles. The predicted molar refractivity (Wildman–Crippen MR) is 116 cm³/mol. The van der Waals surface area contributed by atoms with Gasteiger partial charge in [0, 0.05) is 31.7 Å². The number of benzene rings is 1. The first-order valence-corrected chi connectivity index (χ1v) is 10.3. The summed E-state index contributed by atoms with van der Waals surface area (Å²) in [5.41, 5.74) is 3.37. The summed E-state index contributed by atoms with van der Waals surface area (Å²) in [6, 6.07) is 12.6. The van der Waals surface area contributed by atoms with Crippen LogP contribution in [-0.2, 0) is 9.59 Å². The summed E-state index contributed by atoms with van der Waals surface area (Å²) in [7, 11) is 2.22. The van der Waals surface area contributed by atoms with Gasteiger partial charge in [0.25, 0.3) is 0 Å². The van der Waals surface area contributed by atoms with Crippen LogP contribution in [0.5, 0.6) is 0 Å². The van der Waals surface area contributed by atoms with Gasteiger partial charge < -0.3 is 30.2 Å². The van der Waals surface area contributed by atoms with E-state index in [0.717, 1.165) is 36.4 Å². The Morgan fingerprint density at radius 3 is 1.94 bits per heavy atom. The molecule has 0 amide bonds. The molecule has 2 aliphatic rings. The van der Waals surface area contributed by atoms with E-state index in [4.69, 9.17) is 20.4 Å². The van der Waals surface area contributed by atoms with E-state index in [1.165, 1.54) is 24.2 Å². The maximum atomic E-state index is 9.77. The Bertz CT molecular complexity index is 922. The first-order valence-electron chi connectivity index (χ1n) is 10.3. The molecule has 2 aliphatic heterocycles. The van der Waals surface area contributed by atoms with Gasteiger partial charge in [-0.05, 0) is 43.5 Å². The van der Waals surface area contributed by atoms with Crippen molar-refractivity contribution in [2.45, 2.75) is 19.1 Å². The topological polar surface area (TPSA) is 147 Å². The number of nitrogens with zero attached hydrogens (tertiary/aromatic N) is 4. The van der Waals surface area contributed by atoms with Crippen LogP contribution in [0.4, 0.5) is 5.82 Å². The SMILES string of the molecule is Cc1ccccc1-c1ccc(N2C[C@H]3CN(C)C[C@H]3C2)nn1.O=C(O)C(O)C(O)C(=O)O. The smallest absolute Gasteiger partial charge is 0.335 e. The third-order valence-corrected chi connectivity index (χ3v) is 5.87. The van der Waals surface area contributed by atoms with Gasteiger partial charge in [0.15, 0.2) is 18.0 Å². The van der Waals surface area contributed by atoms with Crippen molar-refractivity contribution in [1.82, 2.24) is 15.1 Å². The van der Waals surface area contributed by atoms with E-state index in [-0.39, 0.29) is 0 Å². The molecule has 1 aromatic heterocycles. The van der Waals surface area contributed by atoms with Crippen LogP contribution < -0.4 is 4.90 Å². The third-order valence-electron chi connectivity index (χ3n) is 5.87. The Hall–Kier alpha value is -3.08. The van der Waals surface area contributed by atoms with Crippen LogP contribution in [-0.4, -0.2) is 92.9 Å². The van der Waals surface area contributed by atoms with Crippen LogP contribution in [0.15, 0.2) is 36.4 Å². The molecule has 0 bridgehead atoms. The molecule has 10 heteroatoms. The Morgan fingerprint density at radius 1 is 0.906 bits per heavy atom. The van der Waals surface area contributed by atoms with Crippen LogP contribution in [0.2, 0.25) is 0 Å². The summed E-state index contributed by atoms with van der Waals surface area (Å²) < 4.78 is 0. The second-order valence-electron chi connectivity index (χ2n) is 8.30. The number of hydrogen-bond acceptors (Lipinski definition) is 8. The highest BCUT2D eigenvalue weighted by molar-refractivity contribution is 5.83. The van der Waals surface area contributed by atoms with Crippen LogP contribution >= 0.6 is 0 Å². The van der Waals surface area contributed by atoms with Gasteiger partial charge in [-0.25, -0.2) is 9.59 Å². The summed E-state index contributed by atoms with van der Waals surface area (Å²) in [5, 5.41) is 41.5. The summed E-state index contributed by atoms with van der Waals surface area (Å²) >= 11 is 0. The lowest BCUT2D eigenvalue weighted by Crippen LogP contribution is -2.39. The summed E-state index contributed by atoms with van der Waals surface area (Å²) in [6.07, 6.45) is -4.53. The fraction of sp³-hybridized carbons (Fsp3) is 0.455. The molecule has 0 radical (unpaired) electrons. The van der Waals surface area contributed by atoms with Gasteiger partial charge in [0.05, 0.1) is 5.69 Å². The van der Waals surface area contributed by atoms with E-state index >= 15 is 0 Å². The Morgan fingerprint density at radius 2 is 1.47 bits per heavy atom. The fourth-order valence-corrected chi connectivity index (χ4v) is 4.18. The van der Waals surface area contributed by atoms with E-state index in [9.17, 15) is 9.59 Å². The van der Waals surface area contributed by atoms with Gasteiger partial charge in [0.2, 0.25) is 0 Å². The first-order chi connectivity index (χ1) is 15.2. The van der Waals surface area contributed by atoms with E-state index in [1.54, 1.807) is 0 Å². The second-order valence-corrected chi connectivity index (χ2v) is 8.30. The number of carboxylic acids is 2. The predicted octanol–water partition coefficient (Wildman–Crippen LogP) is 0.327. The molecule has 2 fully saturated rings. The van der Waals surface area contributed by atoms with Gasteiger partial charge in [-0.15, -0.1) is 10.2 Å². The number of aliphatic carboxylic acids is 2. The van der Waals surface area contributed by atoms with Crippen molar-refractivity contribution in [2.24, 2.45) is 11.8 Å². The molecule has 32 heavy (non-hydrogen) atoms. The normalized spacial score (nSPS) is 21.9. The van der Waals surface area contributed by atoms with Gasteiger partial charge in [-0.3, -0.25) is 0 Å². The Labute approximate surface area is 185 Å². The number of anilines is 1. The van der Waals surface area contributed by atoms with Gasteiger partial charge in [-0.2, -0.15) is 0 Å². The summed E-state index contributed by atoms with van der Waals surface area (Å²) in [5.74, 6) is -0.926. The molecule has 2 unspecified atom stereocenters. The summed E-state index contributed by atoms with van der Waals surface area (Å²) in [4.78, 5) is 24.4. The number of carbonyl (C=O) groups is 2. The van der Waals surface area contributed by atoms with Crippen molar-refractivity contribution in [3.63, 3.8) is 0 Å². The number of aryl methyl sites for hydroxylation is 1. The lowest BCUT2D eigenvalue weighted by Gasteiger charge is -2.19. The van der Waals surface area contributed by atoms with Crippen molar-refractivity contribution in [2.75, 3.05) is 38.1 Å². The second kappa shape index (κ2) is 10.0. The number of fused-ring (bicyclic) bond motifs is 1. The number of hydrogen-bond donors (Lipinski definition) is 4. The molecule has 172 valence electrons. The number of aromatic nitrogens is 2. The average Bonchev–Trinajstić information content (AvgIpc) is 3.31. The van der Waals surface area contributed by atoms with Crippen molar-refractivity contribution in [3.8, 4) is 11.3 Å². The maximum Gasteiger partial charge on any atom is 0.335 e. The standard InChI is InChI=1S/C18H22N4.C4H6O6/c1-13-5-3-4-6-16(13)17-7-8-18(20-19-17)22-11-14-9-21(2)10-15(14)12-22;5-1(3(7)8)2(6)4(9)10/h3-8,14-15H,9-12H2,1-2H3;1-2,5-6H,(H,7,8)(H,9,10)/t14-,15+;. The third kappa shape index (κ3) is 5.39. The van der Waals surface area contributed by atoms with Crippen LogP contribution in [0.3, 0.4) is 0 Å². The number of aliphatic hydroxyl groups is 2. The average molecular weight is 444 g/mol. The molecule has 2 saturated heterocycles. The molecule has 4 N–H and O–H groups in total. The molecule has 4 atom stereocenters. The quantitative estimate of drug-likeness (QED) is 0.508. The van der Waals surface area contributed by atoms with Crippen LogP contribution in [0.25, 0.3) is 11.3 Å². The molecular weight excluding hydrogens is 416 g/mol. The minimum Gasteiger partial charge on any atom is -0.479 e. The number of aliphatic hydroxyl groups excluding tert-OH is 2. The lowest BCUT2D eigenvalue weighted by atomic mass is 10.0. The van der Waals surface area contributed by atoms with Crippen molar-refractivity contribution in [1.29, 1.82) is 0 Å². The molecule has 2 aromatic rings. The van der Waals surface area contributed by atoms with Crippen molar-refractivity contribution >= 4 is 17.8 Å². The van der Waals surface area contributed by atoms with E-state index in [0.29, 0.717) is 0 Å². The number of carboxylic acid groups (broad SMARTS) is 2. The molecule has 4 rings (SSSR count). The Balaban J connectivity index is 0.000000247. The largest absolute Gasteiger partial charge is 0.479 e. The number of likely N-dealkylation sites (tertiary alicyclic amines) is 1. The van der Waals surface area contributed by atoms with Crippen molar-refractivity contribution < 1.29 is 30.0 Å². The maximum absolute atomic E-state index is 9.77. The van der Waals surface area contributed by atoms with Crippen LogP contribution in [0, 0.1) is 18.8 Å². The zero-order valence-electron chi connectivity index (χ0n) is 18.0. The molecule has 3 heterocycles. The zero-order chi connectivity index (χ0) is 23.4. The van der Waals surface area contributed by atoms with Gasteiger partial charge in [0.1, 0.15) is 0 Å². The van der Waals surface area contributed by atoms with Gasteiger partial charge in [-0.1, -0.05) is 24.3 Å². The highest BCUT2D eigenvalue weighted by atomic mass is 16.4.